The third kappa shape index (κ3) is 3.70. The molecule has 1 aliphatic carbocycles. The summed E-state index contributed by atoms with van der Waals surface area (Å²) in [5.74, 6) is 0.104. The van der Waals surface area contributed by atoms with E-state index in [0.29, 0.717) is 19.1 Å². The zero-order chi connectivity index (χ0) is 13.8. The molecule has 0 spiro atoms. The van der Waals surface area contributed by atoms with Crippen LogP contribution >= 0.6 is 11.6 Å². The summed E-state index contributed by atoms with van der Waals surface area (Å²) in [5, 5.41) is 6.93. The first kappa shape index (κ1) is 13.9. The van der Waals surface area contributed by atoms with Crippen molar-refractivity contribution in [2.75, 3.05) is 18.5 Å². The molecule has 19 heavy (non-hydrogen) atoms. The van der Waals surface area contributed by atoms with Gasteiger partial charge < -0.3 is 10.1 Å². The topological polar surface area (TPSA) is 73.2 Å². The van der Waals surface area contributed by atoms with Gasteiger partial charge in [0.2, 0.25) is 0 Å². The van der Waals surface area contributed by atoms with Gasteiger partial charge in [-0.25, -0.2) is 4.68 Å². The summed E-state index contributed by atoms with van der Waals surface area (Å²) in [6.07, 6.45) is 3.67. The van der Waals surface area contributed by atoms with Crippen molar-refractivity contribution >= 4 is 23.3 Å². The Morgan fingerprint density at radius 1 is 1.63 bits per heavy atom. The first-order valence-corrected chi connectivity index (χ1v) is 6.64. The number of aromatic nitrogens is 2. The van der Waals surface area contributed by atoms with Gasteiger partial charge in [0.1, 0.15) is 12.2 Å². The van der Waals surface area contributed by atoms with E-state index in [2.05, 4.69) is 10.4 Å². The van der Waals surface area contributed by atoms with Crippen molar-refractivity contribution in [3.05, 3.63) is 21.6 Å². The Morgan fingerprint density at radius 2 is 2.37 bits per heavy atom. The molecule has 1 aromatic heterocycles. The smallest absolute Gasteiger partial charge is 0.325 e. The van der Waals surface area contributed by atoms with Crippen LogP contribution in [0.15, 0.2) is 11.0 Å². The van der Waals surface area contributed by atoms with Gasteiger partial charge in [-0.1, -0.05) is 11.6 Å². The lowest BCUT2D eigenvalue weighted by molar-refractivity contribution is -0.140. The Labute approximate surface area is 115 Å². The summed E-state index contributed by atoms with van der Waals surface area (Å²) in [6.45, 7) is 2.54. The number of rotatable bonds is 6. The number of hydrogen-bond acceptors (Lipinski definition) is 5. The lowest BCUT2D eigenvalue weighted by atomic mass is 10.4. The minimum absolute atomic E-state index is 0.0871. The molecule has 1 aliphatic rings. The van der Waals surface area contributed by atoms with Crippen molar-refractivity contribution in [1.29, 1.82) is 0 Å². The van der Waals surface area contributed by atoms with Crippen LogP contribution in [0.5, 0.6) is 0 Å². The van der Waals surface area contributed by atoms with Crippen molar-refractivity contribution in [3.8, 4) is 0 Å². The molecule has 0 atom stereocenters. The van der Waals surface area contributed by atoms with Crippen LogP contribution < -0.4 is 10.9 Å². The van der Waals surface area contributed by atoms with E-state index in [9.17, 15) is 9.59 Å². The molecule has 0 amide bonds. The van der Waals surface area contributed by atoms with Crippen molar-refractivity contribution in [2.24, 2.45) is 5.92 Å². The minimum atomic E-state index is -0.427. The maximum absolute atomic E-state index is 12.1. The van der Waals surface area contributed by atoms with E-state index in [-0.39, 0.29) is 22.8 Å². The molecule has 7 heteroatoms. The van der Waals surface area contributed by atoms with Gasteiger partial charge in [0, 0.05) is 6.54 Å². The van der Waals surface area contributed by atoms with Crippen LogP contribution in [0.3, 0.4) is 0 Å². The summed E-state index contributed by atoms with van der Waals surface area (Å²) in [4.78, 5) is 23.4. The normalized spacial score (nSPS) is 14.2. The fourth-order valence-corrected chi connectivity index (χ4v) is 1.87. The molecule has 0 aromatic carbocycles. The highest BCUT2D eigenvalue weighted by Crippen LogP contribution is 2.30. The minimum Gasteiger partial charge on any atom is -0.465 e. The second-order valence-electron chi connectivity index (χ2n) is 4.46. The SMILES string of the molecule is CCOC(=O)CNc1c(Cl)cnn(CC2CC2)c1=O. The maximum atomic E-state index is 12.1. The predicted molar refractivity (Wildman–Crippen MR) is 71.4 cm³/mol. The average Bonchev–Trinajstić information content (AvgIpc) is 3.17. The molecule has 104 valence electrons. The number of ether oxygens (including phenoxy) is 1. The van der Waals surface area contributed by atoms with Crippen LogP contribution in [0.4, 0.5) is 5.69 Å². The molecule has 1 heterocycles. The van der Waals surface area contributed by atoms with Gasteiger partial charge >= 0.3 is 5.97 Å². The standard InChI is InChI=1S/C12H16ClN3O3/c1-2-19-10(17)6-14-11-9(13)5-15-16(12(11)18)7-8-3-4-8/h5,8,14H,2-4,6-7H2,1H3. The summed E-state index contributed by atoms with van der Waals surface area (Å²) in [7, 11) is 0. The number of nitrogens with one attached hydrogen (secondary N) is 1. The Morgan fingerprint density at radius 3 is 3.00 bits per heavy atom. The van der Waals surface area contributed by atoms with E-state index in [0.717, 1.165) is 12.8 Å². The van der Waals surface area contributed by atoms with Gasteiger partial charge in [0.05, 0.1) is 17.8 Å². The molecule has 0 saturated heterocycles. The molecule has 6 nitrogen and oxygen atoms in total. The maximum Gasteiger partial charge on any atom is 0.325 e. The van der Waals surface area contributed by atoms with Crippen LogP contribution in [-0.4, -0.2) is 28.9 Å². The Hall–Kier alpha value is -1.56. The average molecular weight is 286 g/mol. The highest BCUT2D eigenvalue weighted by molar-refractivity contribution is 6.33. The molecule has 0 bridgehead atoms. The third-order valence-corrected chi connectivity index (χ3v) is 3.13. The fraction of sp³-hybridized carbons (Fsp3) is 0.583. The van der Waals surface area contributed by atoms with E-state index in [1.807, 2.05) is 0 Å². The number of nitrogens with zero attached hydrogens (tertiary/aromatic N) is 2. The molecule has 1 fully saturated rings. The van der Waals surface area contributed by atoms with Gasteiger partial charge in [-0.3, -0.25) is 9.59 Å². The van der Waals surface area contributed by atoms with Crippen molar-refractivity contribution in [2.45, 2.75) is 26.3 Å². The second-order valence-corrected chi connectivity index (χ2v) is 4.86. The van der Waals surface area contributed by atoms with Crippen LogP contribution in [0.2, 0.25) is 5.02 Å². The molecule has 1 saturated carbocycles. The quantitative estimate of drug-likeness (QED) is 0.797. The summed E-state index contributed by atoms with van der Waals surface area (Å²) in [5.41, 5.74) is -0.103. The third-order valence-electron chi connectivity index (χ3n) is 2.84. The molecular weight excluding hydrogens is 270 g/mol. The van der Waals surface area contributed by atoms with Gasteiger partial charge in [0.15, 0.2) is 0 Å². The molecular formula is C12H16ClN3O3. The summed E-state index contributed by atoms with van der Waals surface area (Å²) < 4.78 is 6.17. The Balaban J connectivity index is 2.09. The van der Waals surface area contributed by atoms with Crippen molar-refractivity contribution in [3.63, 3.8) is 0 Å². The summed E-state index contributed by atoms with van der Waals surface area (Å²) in [6, 6.07) is 0. The Kier molecular flexibility index (Phi) is 4.42. The molecule has 0 radical (unpaired) electrons. The Bertz CT molecular complexity index is 525. The first-order chi connectivity index (χ1) is 9.11. The van der Waals surface area contributed by atoms with Gasteiger partial charge in [-0.05, 0) is 25.7 Å². The number of anilines is 1. The van der Waals surface area contributed by atoms with Gasteiger partial charge in [0.25, 0.3) is 5.56 Å². The molecule has 0 unspecified atom stereocenters. The zero-order valence-corrected chi connectivity index (χ0v) is 11.4. The van der Waals surface area contributed by atoms with Crippen LogP contribution in [-0.2, 0) is 16.1 Å². The number of halogens is 1. The number of esters is 1. The molecule has 1 N–H and O–H groups in total. The molecule has 2 rings (SSSR count). The highest BCUT2D eigenvalue weighted by Gasteiger charge is 2.23. The predicted octanol–water partition coefficient (Wildman–Crippen LogP) is 1.28. The molecule has 0 aliphatic heterocycles. The highest BCUT2D eigenvalue weighted by atomic mass is 35.5. The van der Waals surface area contributed by atoms with E-state index in [4.69, 9.17) is 16.3 Å². The monoisotopic (exact) mass is 285 g/mol. The second kappa shape index (κ2) is 6.06. The largest absolute Gasteiger partial charge is 0.465 e. The number of carbonyl (C=O) groups is 1. The summed E-state index contributed by atoms with van der Waals surface area (Å²) >= 11 is 5.92. The van der Waals surface area contributed by atoms with E-state index >= 15 is 0 Å². The van der Waals surface area contributed by atoms with Crippen molar-refractivity contribution < 1.29 is 9.53 Å². The molecule has 1 aromatic rings. The van der Waals surface area contributed by atoms with Gasteiger partial charge in [-0.2, -0.15) is 5.10 Å². The number of carbonyl (C=O) groups excluding carboxylic acids is 1. The first-order valence-electron chi connectivity index (χ1n) is 6.27. The fourth-order valence-electron chi connectivity index (χ4n) is 1.68. The number of hydrogen-bond donors (Lipinski definition) is 1. The van der Waals surface area contributed by atoms with Crippen LogP contribution in [0.1, 0.15) is 19.8 Å². The van der Waals surface area contributed by atoms with E-state index in [1.54, 1.807) is 6.92 Å². The van der Waals surface area contributed by atoms with Gasteiger partial charge in [-0.15, -0.1) is 0 Å². The zero-order valence-electron chi connectivity index (χ0n) is 10.7. The van der Waals surface area contributed by atoms with E-state index < -0.39 is 5.97 Å². The lowest BCUT2D eigenvalue weighted by Crippen LogP contribution is -2.28. The van der Waals surface area contributed by atoms with Crippen LogP contribution in [0, 0.1) is 5.92 Å². The van der Waals surface area contributed by atoms with Crippen molar-refractivity contribution in [1.82, 2.24) is 9.78 Å². The van der Waals surface area contributed by atoms with E-state index in [1.165, 1.54) is 10.9 Å². The van der Waals surface area contributed by atoms with Crippen LogP contribution in [0.25, 0.3) is 0 Å². The lowest BCUT2D eigenvalue weighted by Gasteiger charge is -2.09.